The first-order chi connectivity index (χ1) is 13.8. The Morgan fingerprint density at radius 1 is 1.07 bits per heavy atom. The number of hydrogen-bond acceptors (Lipinski definition) is 5. The van der Waals surface area contributed by atoms with E-state index in [1.54, 1.807) is 11.3 Å². The summed E-state index contributed by atoms with van der Waals surface area (Å²) in [7, 11) is 0. The molecule has 0 spiro atoms. The third-order valence-electron chi connectivity index (χ3n) is 6.53. The van der Waals surface area contributed by atoms with Crippen molar-refractivity contribution >= 4 is 22.5 Å². The van der Waals surface area contributed by atoms with Crippen molar-refractivity contribution in [1.82, 2.24) is 20.1 Å². The largest absolute Gasteiger partial charge is 0.324 e. The molecule has 7 heteroatoms. The van der Waals surface area contributed by atoms with Crippen LogP contribution < -0.4 is 10.6 Å². The van der Waals surface area contributed by atoms with E-state index in [0.29, 0.717) is 12.1 Å². The number of hydrogen-bond donors (Lipinski definition) is 2. The van der Waals surface area contributed by atoms with Gasteiger partial charge in [0.05, 0.1) is 0 Å². The van der Waals surface area contributed by atoms with Crippen molar-refractivity contribution in [2.45, 2.75) is 82.8 Å². The van der Waals surface area contributed by atoms with Gasteiger partial charge in [-0.2, -0.15) is 0 Å². The molecule has 1 aromatic rings. The highest BCUT2D eigenvalue weighted by Gasteiger charge is 2.32. The molecule has 6 nitrogen and oxygen atoms in total. The highest BCUT2D eigenvalue weighted by atomic mass is 32.1. The van der Waals surface area contributed by atoms with E-state index < -0.39 is 0 Å². The van der Waals surface area contributed by atoms with E-state index in [-0.39, 0.29) is 6.03 Å². The van der Waals surface area contributed by atoms with E-state index in [1.807, 2.05) is 6.20 Å². The molecule has 2 heterocycles. The predicted molar refractivity (Wildman–Crippen MR) is 115 cm³/mol. The van der Waals surface area contributed by atoms with Gasteiger partial charge in [-0.1, -0.05) is 38.5 Å². The van der Waals surface area contributed by atoms with E-state index in [9.17, 15) is 4.79 Å². The SMILES string of the molecule is O=C(Nc1ncc(CN2CCNCC2)s1)N(C1CCCCC1)C1CCCCC1. The second-order valence-corrected chi connectivity index (χ2v) is 9.69. The highest BCUT2D eigenvalue weighted by molar-refractivity contribution is 7.15. The van der Waals surface area contributed by atoms with Crippen LogP contribution in [0, 0.1) is 0 Å². The van der Waals surface area contributed by atoms with E-state index in [2.05, 4.69) is 25.4 Å². The molecule has 1 saturated heterocycles. The van der Waals surface area contributed by atoms with Crippen molar-refractivity contribution in [3.63, 3.8) is 0 Å². The standard InChI is InChI=1S/C21H35N5OS/c27-21(24-20-23-15-19(28-20)16-25-13-11-22-12-14-25)26(17-7-3-1-4-8-17)18-9-5-2-6-10-18/h15,17-18,22H,1-14,16H2,(H,23,24,27). The summed E-state index contributed by atoms with van der Waals surface area (Å²) in [6.45, 7) is 5.21. The molecular formula is C21H35N5OS. The van der Waals surface area contributed by atoms with E-state index >= 15 is 0 Å². The van der Waals surface area contributed by atoms with Crippen molar-refractivity contribution in [2.24, 2.45) is 0 Å². The van der Waals surface area contributed by atoms with Gasteiger partial charge in [0.15, 0.2) is 5.13 Å². The Morgan fingerprint density at radius 3 is 2.29 bits per heavy atom. The Kier molecular flexibility index (Phi) is 7.20. The maximum Gasteiger partial charge on any atom is 0.324 e. The van der Waals surface area contributed by atoms with Gasteiger partial charge in [-0.25, -0.2) is 9.78 Å². The van der Waals surface area contributed by atoms with Gasteiger partial charge in [-0.05, 0) is 25.7 Å². The number of thiazole rings is 1. The number of rotatable bonds is 5. The van der Waals surface area contributed by atoms with Crippen LogP contribution in [0.2, 0.25) is 0 Å². The first kappa shape index (κ1) is 20.1. The lowest BCUT2D eigenvalue weighted by Crippen LogP contribution is -2.50. The summed E-state index contributed by atoms with van der Waals surface area (Å²) in [5, 5.41) is 7.30. The smallest absolute Gasteiger partial charge is 0.319 e. The van der Waals surface area contributed by atoms with Gasteiger partial charge < -0.3 is 10.2 Å². The van der Waals surface area contributed by atoms with Crippen molar-refractivity contribution in [3.05, 3.63) is 11.1 Å². The van der Waals surface area contributed by atoms with Crippen LogP contribution in [0.1, 0.15) is 69.1 Å². The zero-order chi connectivity index (χ0) is 19.2. The first-order valence-electron chi connectivity index (χ1n) is 11.3. The average molecular weight is 406 g/mol. The second-order valence-electron chi connectivity index (χ2n) is 8.58. The minimum absolute atomic E-state index is 0.0851. The van der Waals surface area contributed by atoms with Crippen molar-refractivity contribution in [1.29, 1.82) is 0 Å². The average Bonchev–Trinajstić information content (AvgIpc) is 3.17. The van der Waals surface area contributed by atoms with Gasteiger partial charge in [0, 0.05) is 55.9 Å². The van der Waals surface area contributed by atoms with Crippen LogP contribution in [0.5, 0.6) is 0 Å². The third kappa shape index (κ3) is 5.24. The summed E-state index contributed by atoms with van der Waals surface area (Å²) in [6, 6.07) is 0.913. The van der Waals surface area contributed by atoms with Crippen LogP contribution in [-0.4, -0.2) is 59.1 Å². The number of carbonyl (C=O) groups excluding carboxylic acids is 1. The van der Waals surface area contributed by atoms with Crippen LogP contribution >= 0.6 is 11.3 Å². The number of nitrogens with one attached hydrogen (secondary N) is 2. The Balaban J connectivity index is 1.39. The molecule has 28 heavy (non-hydrogen) atoms. The monoisotopic (exact) mass is 405 g/mol. The van der Waals surface area contributed by atoms with E-state index in [1.165, 1.54) is 43.4 Å². The topological polar surface area (TPSA) is 60.5 Å². The molecule has 3 fully saturated rings. The second kappa shape index (κ2) is 10.0. The van der Waals surface area contributed by atoms with Gasteiger partial charge in [0.1, 0.15) is 0 Å². The molecule has 3 aliphatic rings. The molecule has 0 atom stereocenters. The van der Waals surface area contributed by atoms with Crippen LogP contribution in [0.3, 0.4) is 0 Å². The molecule has 156 valence electrons. The molecule has 0 radical (unpaired) electrons. The maximum absolute atomic E-state index is 13.3. The van der Waals surface area contributed by atoms with Crippen molar-refractivity contribution in [2.75, 3.05) is 31.5 Å². The molecule has 4 rings (SSSR count). The van der Waals surface area contributed by atoms with Crippen LogP contribution in [0.15, 0.2) is 6.20 Å². The fourth-order valence-corrected chi connectivity index (χ4v) is 5.88. The van der Waals surface area contributed by atoms with E-state index in [4.69, 9.17) is 0 Å². The number of urea groups is 1. The Hall–Kier alpha value is -1.18. The number of nitrogens with zero attached hydrogens (tertiary/aromatic N) is 3. The molecule has 0 unspecified atom stereocenters. The minimum atomic E-state index is 0.0851. The molecule has 2 N–H and O–H groups in total. The lowest BCUT2D eigenvalue weighted by atomic mass is 9.89. The van der Waals surface area contributed by atoms with E-state index in [0.717, 1.165) is 63.5 Å². The van der Waals surface area contributed by atoms with Crippen LogP contribution in [-0.2, 0) is 6.54 Å². The number of carbonyl (C=O) groups is 1. The predicted octanol–water partition coefficient (Wildman–Crippen LogP) is 4.05. The van der Waals surface area contributed by atoms with Crippen molar-refractivity contribution < 1.29 is 4.79 Å². The van der Waals surface area contributed by atoms with Gasteiger partial charge in [0.2, 0.25) is 0 Å². The fraction of sp³-hybridized carbons (Fsp3) is 0.810. The molecule has 2 aliphatic carbocycles. The molecule has 0 aromatic carbocycles. The number of amides is 2. The molecule has 2 saturated carbocycles. The van der Waals surface area contributed by atoms with Gasteiger partial charge in [-0.3, -0.25) is 10.2 Å². The van der Waals surface area contributed by atoms with Gasteiger partial charge >= 0.3 is 6.03 Å². The van der Waals surface area contributed by atoms with Gasteiger partial charge in [-0.15, -0.1) is 11.3 Å². The number of aromatic nitrogens is 1. The summed E-state index contributed by atoms with van der Waals surface area (Å²) in [4.78, 5) is 23.7. The zero-order valence-corrected chi connectivity index (χ0v) is 17.8. The molecular weight excluding hydrogens is 370 g/mol. The van der Waals surface area contributed by atoms with Crippen molar-refractivity contribution in [3.8, 4) is 0 Å². The third-order valence-corrected chi connectivity index (χ3v) is 7.42. The molecule has 2 amide bonds. The Labute approximate surface area is 173 Å². The van der Waals surface area contributed by atoms with Crippen LogP contribution in [0.25, 0.3) is 0 Å². The summed E-state index contributed by atoms with van der Waals surface area (Å²) in [6.07, 6.45) is 14.3. The Morgan fingerprint density at radius 2 is 1.68 bits per heavy atom. The summed E-state index contributed by atoms with van der Waals surface area (Å²) >= 11 is 1.63. The lowest BCUT2D eigenvalue weighted by Gasteiger charge is -2.41. The minimum Gasteiger partial charge on any atom is -0.319 e. The molecule has 1 aromatic heterocycles. The van der Waals surface area contributed by atoms with Crippen LogP contribution in [0.4, 0.5) is 9.93 Å². The zero-order valence-electron chi connectivity index (χ0n) is 17.0. The number of anilines is 1. The highest BCUT2D eigenvalue weighted by Crippen LogP contribution is 2.31. The summed E-state index contributed by atoms with van der Waals surface area (Å²) in [5.41, 5.74) is 0. The molecule has 0 bridgehead atoms. The summed E-state index contributed by atoms with van der Waals surface area (Å²) in [5.74, 6) is 0. The lowest BCUT2D eigenvalue weighted by molar-refractivity contribution is 0.114. The van der Waals surface area contributed by atoms with Gasteiger partial charge in [0.25, 0.3) is 0 Å². The Bertz CT molecular complexity index is 600. The quantitative estimate of drug-likeness (QED) is 0.776. The first-order valence-corrected chi connectivity index (χ1v) is 12.1. The summed E-state index contributed by atoms with van der Waals surface area (Å²) < 4.78 is 0. The maximum atomic E-state index is 13.3. The normalized spacial score (nSPS) is 22.9. The molecule has 1 aliphatic heterocycles. The fourth-order valence-electron chi connectivity index (χ4n) is 5.03. The number of piperazine rings is 1.